The summed E-state index contributed by atoms with van der Waals surface area (Å²) in [6, 6.07) is 9.66. The Balaban J connectivity index is 1.49. The van der Waals surface area contributed by atoms with Crippen molar-refractivity contribution in [3.63, 3.8) is 0 Å². The first-order valence-electron chi connectivity index (χ1n) is 9.10. The van der Waals surface area contributed by atoms with Gasteiger partial charge in [-0.15, -0.1) is 11.3 Å². The molecular weight excluding hydrogens is 360 g/mol. The predicted octanol–water partition coefficient (Wildman–Crippen LogP) is 4.34. The van der Waals surface area contributed by atoms with Gasteiger partial charge in [0.25, 0.3) is 5.91 Å². The molecule has 6 nitrogen and oxygen atoms in total. The van der Waals surface area contributed by atoms with Crippen molar-refractivity contribution in [2.45, 2.75) is 39.3 Å². The molecule has 27 heavy (non-hydrogen) atoms. The maximum Gasteiger partial charge on any atom is 0.254 e. The number of carbonyl (C=O) groups excluding carboxylic acids is 1. The van der Waals surface area contributed by atoms with Crippen LogP contribution in [0, 0.1) is 13.8 Å². The molecule has 0 saturated carbocycles. The summed E-state index contributed by atoms with van der Waals surface area (Å²) in [7, 11) is 0. The molecule has 0 aliphatic carbocycles. The molecule has 0 bridgehead atoms. The van der Waals surface area contributed by atoms with Gasteiger partial charge in [-0.25, -0.2) is 0 Å². The second kappa shape index (κ2) is 7.52. The van der Waals surface area contributed by atoms with E-state index in [1.165, 1.54) is 10.4 Å². The zero-order chi connectivity index (χ0) is 18.8. The Kier molecular flexibility index (Phi) is 4.94. The smallest absolute Gasteiger partial charge is 0.254 e. The Hall–Kier alpha value is -2.67. The van der Waals surface area contributed by atoms with Gasteiger partial charge in [0.15, 0.2) is 5.82 Å². The van der Waals surface area contributed by atoms with E-state index in [-0.39, 0.29) is 11.9 Å². The van der Waals surface area contributed by atoms with Crippen LogP contribution in [-0.2, 0) is 6.54 Å². The summed E-state index contributed by atoms with van der Waals surface area (Å²) >= 11 is 1.74. The number of nitrogens with zero attached hydrogens (tertiary/aromatic N) is 3. The van der Waals surface area contributed by atoms with Crippen molar-refractivity contribution in [2.75, 3.05) is 11.9 Å². The Morgan fingerprint density at radius 1 is 1.37 bits per heavy atom. The number of aryl methyl sites for hydroxylation is 2. The van der Waals surface area contributed by atoms with Crippen LogP contribution >= 0.6 is 11.3 Å². The molecule has 1 aliphatic rings. The number of aromatic nitrogens is 2. The number of nitrogens with one attached hydrogen (secondary N) is 1. The topological polar surface area (TPSA) is 71.3 Å². The van der Waals surface area contributed by atoms with E-state index in [4.69, 9.17) is 4.52 Å². The van der Waals surface area contributed by atoms with Crippen LogP contribution in [0.5, 0.6) is 0 Å². The van der Waals surface area contributed by atoms with Crippen molar-refractivity contribution in [1.82, 2.24) is 15.0 Å². The van der Waals surface area contributed by atoms with Crippen LogP contribution in [0.3, 0.4) is 0 Å². The monoisotopic (exact) mass is 382 g/mol. The average molecular weight is 382 g/mol. The third-order valence-corrected chi connectivity index (χ3v) is 5.90. The molecule has 1 saturated heterocycles. The molecule has 3 aromatic rings. The number of carbonyl (C=O) groups is 1. The molecule has 1 aromatic carbocycles. The highest BCUT2D eigenvalue weighted by atomic mass is 32.1. The molecule has 1 N–H and O–H groups in total. The van der Waals surface area contributed by atoms with Gasteiger partial charge < -0.3 is 14.7 Å². The van der Waals surface area contributed by atoms with Crippen molar-refractivity contribution in [3.05, 3.63) is 63.4 Å². The molecule has 0 radical (unpaired) electrons. The van der Waals surface area contributed by atoms with Crippen molar-refractivity contribution in [2.24, 2.45) is 0 Å². The van der Waals surface area contributed by atoms with Gasteiger partial charge in [-0.05, 0) is 61.9 Å². The number of amides is 1. The number of likely N-dealkylation sites (tertiary alicyclic amines) is 1. The Bertz CT molecular complexity index is 949. The largest absolute Gasteiger partial charge is 0.380 e. The van der Waals surface area contributed by atoms with Crippen molar-refractivity contribution >= 4 is 22.9 Å². The van der Waals surface area contributed by atoms with Gasteiger partial charge in [0, 0.05) is 29.2 Å². The molecule has 4 rings (SSSR count). The van der Waals surface area contributed by atoms with Crippen LogP contribution in [-0.4, -0.2) is 27.5 Å². The van der Waals surface area contributed by atoms with Crippen LogP contribution in [0.1, 0.15) is 51.4 Å². The summed E-state index contributed by atoms with van der Waals surface area (Å²) in [4.78, 5) is 20.6. The number of benzene rings is 1. The van der Waals surface area contributed by atoms with Gasteiger partial charge in [0.2, 0.25) is 5.89 Å². The van der Waals surface area contributed by atoms with Gasteiger partial charge in [-0.1, -0.05) is 11.2 Å². The predicted molar refractivity (Wildman–Crippen MR) is 105 cm³/mol. The third-order valence-electron chi connectivity index (χ3n) is 4.87. The standard InChI is InChI=1S/C20H22N4O2S/c1-13-8-10-27-18(13)12-21-16-6-3-5-15(11-16)20(25)24-9-4-7-17(24)19-22-14(2)23-26-19/h3,5-6,8,10-11,17,21H,4,7,9,12H2,1-2H3/t17-/m1/s1. The van der Waals surface area contributed by atoms with Crippen LogP contribution in [0.25, 0.3) is 0 Å². The highest BCUT2D eigenvalue weighted by Crippen LogP contribution is 2.32. The molecule has 1 amide bonds. The molecule has 0 spiro atoms. The van der Waals surface area contributed by atoms with E-state index >= 15 is 0 Å². The number of hydrogen-bond donors (Lipinski definition) is 1. The van der Waals surface area contributed by atoms with E-state index in [0.717, 1.165) is 25.1 Å². The van der Waals surface area contributed by atoms with Crippen LogP contribution < -0.4 is 5.32 Å². The fourth-order valence-corrected chi connectivity index (χ4v) is 4.26. The number of anilines is 1. The Labute approximate surface area is 162 Å². The zero-order valence-corrected chi connectivity index (χ0v) is 16.3. The first-order valence-corrected chi connectivity index (χ1v) is 9.98. The quantitative estimate of drug-likeness (QED) is 0.711. The number of rotatable bonds is 5. The lowest BCUT2D eigenvalue weighted by Gasteiger charge is -2.22. The van der Waals surface area contributed by atoms with Crippen LogP contribution in [0.15, 0.2) is 40.2 Å². The Morgan fingerprint density at radius 2 is 2.26 bits per heavy atom. The average Bonchev–Trinajstić information content (AvgIpc) is 3.40. The maximum atomic E-state index is 13.1. The molecular formula is C20H22N4O2S. The van der Waals surface area contributed by atoms with Crippen molar-refractivity contribution in [3.8, 4) is 0 Å². The first-order chi connectivity index (χ1) is 13.1. The second-order valence-electron chi connectivity index (χ2n) is 6.80. The van der Waals surface area contributed by atoms with Gasteiger partial charge >= 0.3 is 0 Å². The van der Waals surface area contributed by atoms with Gasteiger partial charge in [0.05, 0.1) is 0 Å². The molecule has 2 aromatic heterocycles. The lowest BCUT2D eigenvalue weighted by molar-refractivity contribution is 0.0710. The lowest BCUT2D eigenvalue weighted by Crippen LogP contribution is -2.30. The third kappa shape index (κ3) is 3.73. The van der Waals surface area contributed by atoms with E-state index in [1.807, 2.05) is 29.2 Å². The number of hydrogen-bond acceptors (Lipinski definition) is 6. The van der Waals surface area contributed by atoms with Crippen LogP contribution in [0.4, 0.5) is 5.69 Å². The minimum Gasteiger partial charge on any atom is -0.380 e. The van der Waals surface area contributed by atoms with E-state index in [2.05, 4.69) is 33.8 Å². The van der Waals surface area contributed by atoms with E-state index in [9.17, 15) is 4.79 Å². The normalized spacial score (nSPS) is 16.7. The van der Waals surface area contributed by atoms with E-state index in [1.54, 1.807) is 18.3 Å². The fraction of sp³-hybridized carbons (Fsp3) is 0.350. The van der Waals surface area contributed by atoms with E-state index in [0.29, 0.717) is 23.8 Å². The minimum absolute atomic E-state index is 0.00399. The lowest BCUT2D eigenvalue weighted by atomic mass is 10.1. The zero-order valence-electron chi connectivity index (χ0n) is 15.4. The highest BCUT2D eigenvalue weighted by Gasteiger charge is 2.34. The summed E-state index contributed by atoms with van der Waals surface area (Å²) in [6.45, 7) is 5.37. The summed E-state index contributed by atoms with van der Waals surface area (Å²) in [5.74, 6) is 1.13. The minimum atomic E-state index is -0.135. The molecule has 0 unspecified atom stereocenters. The van der Waals surface area contributed by atoms with Crippen molar-refractivity contribution < 1.29 is 9.32 Å². The Morgan fingerprint density at radius 3 is 3.00 bits per heavy atom. The molecule has 7 heteroatoms. The second-order valence-corrected chi connectivity index (χ2v) is 7.80. The molecule has 3 heterocycles. The maximum absolute atomic E-state index is 13.1. The fourth-order valence-electron chi connectivity index (χ4n) is 3.41. The molecule has 140 valence electrons. The molecule has 1 atom stereocenters. The van der Waals surface area contributed by atoms with Gasteiger partial charge in [0.1, 0.15) is 6.04 Å². The summed E-state index contributed by atoms with van der Waals surface area (Å²) < 4.78 is 5.31. The summed E-state index contributed by atoms with van der Waals surface area (Å²) in [5.41, 5.74) is 2.90. The highest BCUT2D eigenvalue weighted by molar-refractivity contribution is 7.10. The van der Waals surface area contributed by atoms with Crippen LogP contribution in [0.2, 0.25) is 0 Å². The summed E-state index contributed by atoms with van der Waals surface area (Å²) in [5, 5.41) is 9.38. The summed E-state index contributed by atoms with van der Waals surface area (Å²) in [6.07, 6.45) is 1.79. The molecule has 1 aliphatic heterocycles. The van der Waals surface area contributed by atoms with E-state index < -0.39 is 0 Å². The first kappa shape index (κ1) is 17.7. The SMILES string of the molecule is Cc1noc([C@H]2CCCN2C(=O)c2cccc(NCc3sccc3C)c2)n1. The number of thiophene rings is 1. The van der Waals surface area contributed by atoms with Gasteiger partial charge in [-0.2, -0.15) is 4.98 Å². The van der Waals surface area contributed by atoms with Crippen molar-refractivity contribution in [1.29, 1.82) is 0 Å². The molecule has 1 fully saturated rings. The van der Waals surface area contributed by atoms with Gasteiger partial charge in [-0.3, -0.25) is 4.79 Å².